The van der Waals surface area contributed by atoms with Crippen molar-refractivity contribution in [2.75, 3.05) is 32.7 Å². The van der Waals surface area contributed by atoms with Gasteiger partial charge >= 0.3 is 0 Å². The zero-order chi connectivity index (χ0) is 23.4. The molecule has 3 heterocycles. The minimum absolute atomic E-state index is 0.00329. The first-order chi connectivity index (χ1) is 15.9. The van der Waals surface area contributed by atoms with Crippen LogP contribution in [0.1, 0.15) is 35.5 Å². The minimum Gasteiger partial charge on any atom is -0.487 e. The Bertz CT molecular complexity index is 1110. The van der Waals surface area contributed by atoms with E-state index in [1.54, 1.807) is 12.1 Å². The van der Waals surface area contributed by atoms with E-state index >= 15 is 0 Å². The molecule has 1 aliphatic heterocycles. The summed E-state index contributed by atoms with van der Waals surface area (Å²) >= 11 is 0. The second kappa shape index (κ2) is 10.0. The molecule has 1 aromatic carbocycles. The Kier molecular flexibility index (Phi) is 6.93. The third-order valence-electron chi connectivity index (χ3n) is 5.61. The summed E-state index contributed by atoms with van der Waals surface area (Å²) in [6.45, 7) is 9.28. The lowest BCUT2D eigenvalue weighted by atomic mass is 10.1. The molecule has 174 valence electrons. The van der Waals surface area contributed by atoms with Crippen LogP contribution in [0.15, 0.2) is 48.8 Å². The van der Waals surface area contributed by atoms with E-state index in [-0.39, 0.29) is 17.9 Å². The van der Waals surface area contributed by atoms with Crippen molar-refractivity contribution in [3.63, 3.8) is 0 Å². The third kappa shape index (κ3) is 5.90. The van der Waals surface area contributed by atoms with Crippen LogP contribution in [0.2, 0.25) is 0 Å². The van der Waals surface area contributed by atoms with Crippen molar-refractivity contribution in [2.24, 2.45) is 0 Å². The highest BCUT2D eigenvalue weighted by Gasteiger charge is 2.23. The van der Waals surface area contributed by atoms with Crippen LogP contribution < -0.4 is 10.1 Å². The first kappa shape index (κ1) is 22.8. The van der Waals surface area contributed by atoms with Crippen LogP contribution in [-0.4, -0.2) is 69.8 Å². The molecular weight excluding hydrogens is 418 g/mol. The standard InChI is InChI=1S/C25H31N5O3/c1-18(2)26-24(31)16-28-10-12-29(13-11-28)25(32)20-5-7-22(8-6-20)33-17-21-15-30-14-19(3)4-9-23(30)27-21/h4-9,14-15,18H,10-13,16-17H2,1-3H3,(H,26,31). The van der Waals surface area contributed by atoms with Gasteiger partial charge in [0.05, 0.1) is 12.2 Å². The number of rotatable bonds is 7. The van der Waals surface area contributed by atoms with Gasteiger partial charge in [-0.15, -0.1) is 0 Å². The summed E-state index contributed by atoms with van der Waals surface area (Å²) in [7, 11) is 0. The van der Waals surface area contributed by atoms with Gasteiger partial charge in [-0.25, -0.2) is 4.98 Å². The van der Waals surface area contributed by atoms with Gasteiger partial charge in [-0.1, -0.05) is 6.07 Å². The van der Waals surface area contributed by atoms with Gasteiger partial charge in [-0.3, -0.25) is 14.5 Å². The average molecular weight is 450 g/mol. The SMILES string of the molecule is Cc1ccc2nc(COc3ccc(C(=O)N4CCN(CC(=O)NC(C)C)CC4)cc3)cn2c1. The van der Waals surface area contributed by atoms with Crippen LogP contribution >= 0.6 is 0 Å². The highest BCUT2D eigenvalue weighted by molar-refractivity contribution is 5.94. The van der Waals surface area contributed by atoms with Gasteiger partial charge in [0.2, 0.25) is 5.91 Å². The fourth-order valence-corrected chi connectivity index (χ4v) is 3.94. The van der Waals surface area contributed by atoms with Crippen LogP contribution in [0.25, 0.3) is 5.65 Å². The maximum Gasteiger partial charge on any atom is 0.253 e. The van der Waals surface area contributed by atoms with Gasteiger partial charge in [0, 0.05) is 50.2 Å². The van der Waals surface area contributed by atoms with Gasteiger partial charge in [0.25, 0.3) is 5.91 Å². The fourth-order valence-electron chi connectivity index (χ4n) is 3.94. The van der Waals surface area contributed by atoms with E-state index < -0.39 is 0 Å². The molecule has 3 aromatic rings. The predicted molar refractivity (Wildman–Crippen MR) is 126 cm³/mol. The minimum atomic E-state index is 0.00329. The Labute approximate surface area is 194 Å². The summed E-state index contributed by atoms with van der Waals surface area (Å²) in [5, 5.41) is 2.91. The van der Waals surface area contributed by atoms with Crippen LogP contribution in [0.4, 0.5) is 0 Å². The Balaban J connectivity index is 1.27. The molecular formula is C25H31N5O3. The lowest BCUT2D eigenvalue weighted by Gasteiger charge is -2.34. The Morgan fingerprint density at radius 2 is 1.76 bits per heavy atom. The number of carbonyl (C=O) groups is 2. The number of aryl methyl sites for hydroxylation is 1. The van der Waals surface area contributed by atoms with Gasteiger partial charge in [-0.05, 0) is 56.7 Å². The zero-order valence-electron chi connectivity index (χ0n) is 19.5. The van der Waals surface area contributed by atoms with E-state index in [0.717, 1.165) is 11.3 Å². The monoisotopic (exact) mass is 449 g/mol. The number of aromatic nitrogens is 2. The quantitative estimate of drug-likeness (QED) is 0.600. The summed E-state index contributed by atoms with van der Waals surface area (Å²) < 4.78 is 7.86. The second-order valence-electron chi connectivity index (χ2n) is 8.81. The van der Waals surface area contributed by atoms with Gasteiger partial charge in [0.1, 0.15) is 18.0 Å². The molecule has 1 N–H and O–H groups in total. The van der Waals surface area contributed by atoms with E-state index in [9.17, 15) is 9.59 Å². The van der Waals surface area contributed by atoms with E-state index in [1.807, 2.05) is 66.7 Å². The van der Waals surface area contributed by atoms with Gasteiger partial charge in [-0.2, -0.15) is 0 Å². The van der Waals surface area contributed by atoms with Crippen molar-refractivity contribution in [2.45, 2.75) is 33.4 Å². The van der Waals surface area contributed by atoms with Crippen LogP contribution in [0.5, 0.6) is 5.75 Å². The van der Waals surface area contributed by atoms with E-state index in [4.69, 9.17) is 4.74 Å². The molecule has 0 atom stereocenters. The molecule has 0 saturated carbocycles. The maximum absolute atomic E-state index is 12.9. The number of benzene rings is 1. The number of pyridine rings is 1. The van der Waals surface area contributed by atoms with Gasteiger partial charge < -0.3 is 19.4 Å². The first-order valence-electron chi connectivity index (χ1n) is 11.4. The molecule has 33 heavy (non-hydrogen) atoms. The lowest BCUT2D eigenvalue weighted by Crippen LogP contribution is -2.51. The number of hydrogen-bond acceptors (Lipinski definition) is 5. The molecule has 8 heteroatoms. The number of nitrogens with one attached hydrogen (secondary N) is 1. The maximum atomic E-state index is 12.9. The van der Waals surface area contributed by atoms with Crippen LogP contribution in [0.3, 0.4) is 0 Å². The van der Waals surface area contributed by atoms with Crippen molar-refractivity contribution in [1.82, 2.24) is 24.5 Å². The van der Waals surface area contributed by atoms with Crippen molar-refractivity contribution >= 4 is 17.5 Å². The fraction of sp³-hybridized carbons (Fsp3) is 0.400. The van der Waals surface area contributed by atoms with E-state index in [0.29, 0.717) is 50.6 Å². The molecule has 0 aliphatic carbocycles. The lowest BCUT2D eigenvalue weighted by molar-refractivity contribution is -0.123. The first-order valence-corrected chi connectivity index (χ1v) is 11.4. The van der Waals surface area contributed by atoms with Crippen molar-refractivity contribution in [1.29, 1.82) is 0 Å². The highest BCUT2D eigenvalue weighted by Crippen LogP contribution is 2.17. The molecule has 0 radical (unpaired) electrons. The smallest absolute Gasteiger partial charge is 0.253 e. The predicted octanol–water partition coefficient (Wildman–Crippen LogP) is 2.50. The number of nitrogens with zero attached hydrogens (tertiary/aromatic N) is 4. The Hall–Kier alpha value is -3.39. The third-order valence-corrected chi connectivity index (χ3v) is 5.61. The molecule has 0 unspecified atom stereocenters. The molecule has 4 rings (SSSR count). The number of amides is 2. The second-order valence-corrected chi connectivity index (χ2v) is 8.81. The van der Waals surface area contributed by atoms with Gasteiger partial charge in [0.15, 0.2) is 0 Å². The molecule has 0 spiro atoms. The number of hydrogen-bond donors (Lipinski definition) is 1. The number of ether oxygens (including phenoxy) is 1. The summed E-state index contributed by atoms with van der Waals surface area (Å²) in [6.07, 6.45) is 4.00. The van der Waals surface area contributed by atoms with Crippen molar-refractivity contribution in [3.8, 4) is 5.75 Å². The molecule has 1 aliphatic rings. The normalized spacial score (nSPS) is 14.6. The van der Waals surface area contributed by atoms with E-state index in [2.05, 4.69) is 15.2 Å². The molecule has 2 amide bonds. The van der Waals surface area contributed by atoms with Crippen molar-refractivity contribution in [3.05, 3.63) is 65.6 Å². The molecule has 2 aromatic heterocycles. The molecule has 0 bridgehead atoms. The number of imidazole rings is 1. The number of piperazine rings is 1. The zero-order valence-corrected chi connectivity index (χ0v) is 19.5. The number of fused-ring (bicyclic) bond motifs is 1. The van der Waals surface area contributed by atoms with E-state index in [1.165, 1.54) is 5.56 Å². The van der Waals surface area contributed by atoms with Crippen molar-refractivity contribution < 1.29 is 14.3 Å². The topological polar surface area (TPSA) is 79.2 Å². The summed E-state index contributed by atoms with van der Waals surface area (Å²) in [4.78, 5) is 33.3. The summed E-state index contributed by atoms with van der Waals surface area (Å²) in [6, 6.07) is 11.4. The largest absolute Gasteiger partial charge is 0.487 e. The Morgan fingerprint density at radius 1 is 1.03 bits per heavy atom. The summed E-state index contributed by atoms with van der Waals surface area (Å²) in [5.41, 5.74) is 3.55. The average Bonchev–Trinajstić information content (AvgIpc) is 3.19. The molecule has 1 fully saturated rings. The molecule has 1 saturated heterocycles. The molecule has 8 nitrogen and oxygen atoms in total. The summed E-state index contributed by atoms with van der Waals surface area (Å²) in [5.74, 6) is 0.725. The highest BCUT2D eigenvalue weighted by atomic mass is 16.5. The van der Waals surface area contributed by atoms with Crippen LogP contribution in [-0.2, 0) is 11.4 Å². The number of carbonyl (C=O) groups excluding carboxylic acids is 2. The Morgan fingerprint density at radius 3 is 2.45 bits per heavy atom. The van der Waals surface area contributed by atoms with Crippen LogP contribution in [0, 0.1) is 6.92 Å².